The lowest BCUT2D eigenvalue weighted by molar-refractivity contribution is -0.127. The van der Waals surface area contributed by atoms with Crippen LogP contribution in [-0.2, 0) is 11.2 Å². The molecule has 104 valence electrons. The molecule has 19 heavy (non-hydrogen) atoms. The van der Waals surface area contributed by atoms with Crippen molar-refractivity contribution in [3.05, 3.63) is 23.8 Å². The summed E-state index contributed by atoms with van der Waals surface area (Å²) in [6.07, 6.45) is 1.21. The predicted molar refractivity (Wildman–Crippen MR) is 72.4 cm³/mol. The molecule has 0 spiro atoms. The van der Waals surface area contributed by atoms with Gasteiger partial charge in [0.15, 0.2) is 0 Å². The normalized spacial score (nSPS) is 18.8. The van der Waals surface area contributed by atoms with Crippen LogP contribution in [0.1, 0.15) is 12.0 Å². The molecule has 2 N–H and O–H groups in total. The number of hydrogen-bond acceptors (Lipinski definition) is 4. The number of nitrogens with zero attached hydrogens (tertiary/aromatic N) is 1. The van der Waals surface area contributed by atoms with Crippen LogP contribution in [0.2, 0.25) is 0 Å². The van der Waals surface area contributed by atoms with Gasteiger partial charge in [-0.05, 0) is 18.1 Å². The Morgan fingerprint density at radius 1 is 1.37 bits per heavy atom. The second-order valence-corrected chi connectivity index (χ2v) is 4.73. The highest BCUT2D eigenvalue weighted by molar-refractivity contribution is 5.79. The fourth-order valence-corrected chi connectivity index (χ4v) is 2.33. The van der Waals surface area contributed by atoms with Gasteiger partial charge in [-0.1, -0.05) is 6.07 Å². The van der Waals surface area contributed by atoms with Crippen LogP contribution in [0.5, 0.6) is 11.5 Å². The van der Waals surface area contributed by atoms with Gasteiger partial charge < -0.3 is 20.1 Å². The molecule has 5 heteroatoms. The molecule has 0 saturated carbocycles. The maximum atomic E-state index is 11.7. The Bertz CT molecular complexity index is 462. The molecule has 1 heterocycles. The molecule has 1 fully saturated rings. The second-order valence-electron chi connectivity index (χ2n) is 4.73. The number of amides is 1. The third-order valence-electron chi connectivity index (χ3n) is 3.39. The lowest BCUT2D eigenvalue weighted by atomic mass is 10.1. The molecule has 1 aliphatic rings. The second kappa shape index (κ2) is 5.93. The van der Waals surface area contributed by atoms with Crippen molar-refractivity contribution in [1.82, 2.24) is 4.90 Å². The van der Waals surface area contributed by atoms with Gasteiger partial charge in [-0.2, -0.15) is 0 Å². The van der Waals surface area contributed by atoms with Crippen LogP contribution in [0, 0.1) is 0 Å². The SMILES string of the molecule is COc1ccc(CCN2CC(N)CC2=O)c(OC)c1. The van der Waals surface area contributed by atoms with Crippen molar-refractivity contribution in [2.45, 2.75) is 18.9 Å². The number of hydrogen-bond donors (Lipinski definition) is 1. The Kier molecular flexibility index (Phi) is 4.27. The fourth-order valence-electron chi connectivity index (χ4n) is 2.33. The maximum Gasteiger partial charge on any atom is 0.224 e. The number of likely N-dealkylation sites (tertiary alicyclic amines) is 1. The summed E-state index contributed by atoms with van der Waals surface area (Å²) < 4.78 is 10.5. The van der Waals surface area contributed by atoms with E-state index in [4.69, 9.17) is 15.2 Å². The zero-order chi connectivity index (χ0) is 13.8. The summed E-state index contributed by atoms with van der Waals surface area (Å²) in [5.41, 5.74) is 6.84. The molecule has 1 amide bonds. The molecule has 1 saturated heterocycles. The van der Waals surface area contributed by atoms with Crippen LogP contribution in [0.4, 0.5) is 0 Å². The first kappa shape index (κ1) is 13.7. The summed E-state index contributed by atoms with van der Waals surface area (Å²) in [6.45, 7) is 1.33. The molecule has 0 aromatic heterocycles. The van der Waals surface area contributed by atoms with E-state index >= 15 is 0 Å². The van der Waals surface area contributed by atoms with E-state index in [1.807, 2.05) is 23.1 Å². The van der Waals surface area contributed by atoms with E-state index < -0.39 is 0 Å². The molecule has 0 bridgehead atoms. The highest BCUT2D eigenvalue weighted by Gasteiger charge is 2.26. The van der Waals surface area contributed by atoms with Crippen molar-refractivity contribution in [3.8, 4) is 11.5 Å². The van der Waals surface area contributed by atoms with E-state index in [2.05, 4.69) is 0 Å². The van der Waals surface area contributed by atoms with E-state index in [0.717, 1.165) is 23.5 Å². The number of methoxy groups -OCH3 is 2. The molecular formula is C14H20N2O3. The standard InChI is InChI=1S/C14H20N2O3/c1-18-12-4-3-10(13(8-12)19-2)5-6-16-9-11(15)7-14(16)17/h3-4,8,11H,5-7,9,15H2,1-2H3. The first-order chi connectivity index (χ1) is 9.13. The molecule has 1 unspecified atom stereocenters. The Balaban J connectivity index is 2.01. The zero-order valence-electron chi connectivity index (χ0n) is 11.4. The number of ether oxygens (including phenoxy) is 2. The highest BCUT2D eigenvalue weighted by Crippen LogP contribution is 2.25. The van der Waals surface area contributed by atoms with E-state index in [0.29, 0.717) is 19.5 Å². The Morgan fingerprint density at radius 3 is 2.74 bits per heavy atom. The van der Waals surface area contributed by atoms with Gasteiger partial charge in [-0.3, -0.25) is 4.79 Å². The number of carbonyl (C=O) groups excluding carboxylic acids is 1. The molecule has 1 aliphatic heterocycles. The lowest BCUT2D eigenvalue weighted by Crippen LogP contribution is -2.30. The average molecular weight is 264 g/mol. The monoisotopic (exact) mass is 264 g/mol. The summed E-state index contributed by atoms with van der Waals surface area (Å²) in [4.78, 5) is 13.5. The van der Waals surface area contributed by atoms with Gasteiger partial charge in [0.25, 0.3) is 0 Å². The van der Waals surface area contributed by atoms with Crippen LogP contribution >= 0.6 is 0 Å². The fraction of sp³-hybridized carbons (Fsp3) is 0.500. The minimum atomic E-state index is -0.0229. The first-order valence-corrected chi connectivity index (χ1v) is 6.38. The Hall–Kier alpha value is -1.75. The molecular weight excluding hydrogens is 244 g/mol. The summed E-state index contributed by atoms with van der Waals surface area (Å²) in [6, 6.07) is 5.70. The van der Waals surface area contributed by atoms with Gasteiger partial charge in [0, 0.05) is 31.6 Å². The van der Waals surface area contributed by atoms with E-state index in [1.54, 1.807) is 14.2 Å². The number of carbonyl (C=O) groups is 1. The molecule has 0 radical (unpaired) electrons. The first-order valence-electron chi connectivity index (χ1n) is 6.38. The van der Waals surface area contributed by atoms with Crippen molar-refractivity contribution in [2.24, 2.45) is 5.73 Å². The third kappa shape index (κ3) is 3.17. The smallest absolute Gasteiger partial charge is 0.224 e. The Labute approximate surface area is 113 Å². The van der Waals surface area contributed by atoms with Gasteiger partial charge in [-0.25, -0.2) is 0 Å². The topological polar surface area (TPSA) is 64.8 Å². The predicted octanol–water partition coefficient (Wildman–Crippen LogP) is 0.806. The van der Waals surface area contributed by atoms with Gasteiger partial charge in [0.2, 0.25) is 5.91 Å². The van der Waals surface area contributed by atoms with E-state index in [1.165, 1.54) is 0 Å². The van der Waals surface area contributed by atoms with Crippen LogP contribution in [0.15, 0.2) is 18.2 Å². The molecule has 1 aromatic rings. The highest BCUT2D eigenvalue weighted by atomic mass is 16.5. The zero-order valence-corrected chi connectivity index (χ0v) is 11.4. The van der Waals surface area contributed by atoms with Gasteiger partial charge in [0.05, 0.1) is 14.2 Å². The van der Waals surface area contributed by atoms with Gasteiger partial charge in [0.1, 0.15) is 11.5 Å². The van der Waals surface area contributed by atoms with Crippen molar-refractivity contribution < 1.29 is 14.3 Å². The molecule has 1 aromatic carbocycles. The lowest BCUT2D eigenvalue weighted by Gasteiger charge is -2.17. The number of nitrogens with two attached hydrogens (primary N) is 1. The Morgan fingerprint density at radius 2 is 2.16 bits per heavy atom. The quantitative estimate of drug-likeness (QED) is 0.854. The van der Waals surface area contributed by atoms with Gasteiger partial charge in [-0.15, -0.1) is 0 Å². The minimum Gasteiger partial charge on any atom is -0.497 e. The summed E-state index contributed by atoms with van der Waals surface area (Å²) in [5, 5.41) is 0. The largest absolute Gasteiger partial charge is 0.497 e. The summed E-state index contributed by atoms with van der Waals surface area (Å²) in [7, 11) is 3.26. The van der Waals surface area contributed by atoms with Crippen molar-refractivity contribution in [3.63, 3.8) is 0 Å². The van der Waals surface area contributed by atoms with Crippen LogP contribution < -0.4 is 15.2 Å². The van der Waals surface area contributed by atoms with Crippen molar-refractivity contribution >= 4 is 5.91 Å². The van der Waals surface area contributed by atoms with E-state index in [-0.39, 0.29) is 11.9 Å². The van der Waals surface area contributed by atoms with Crippen molar-refractivity contribution in [1.29, 1.82) is 0 Å². The van der Waals surface area contributed by atoms with Crippen LogP contribution in [0.3, 0.4) is 0 Å². The number of rotatable bonds is 5. The van der Waals surface area contributed by atoms with Crippen molar-refractivity contribution in [2.75, 3.05) is 27.3 Å². The molecule has 5 nitrogen and oxygen atoms in total. The molecule has 0 aliphatic carbocycles. The third-order valence-corrected chi connectivity index (χ3v) is 3.39. The van der Waals surface area contributed by atoms with Crippen LogP contribution in [0.25, 0.3) is 0 Å². The molecule has 1 atom stereocenters. The summed E-state index contributed by atoms with van der Waals surface area (Å²) >= 11 is 0. The van der Waals surface area contributed by atoms with Gasteiger partial charge >= 0.3 is 0 Å². The maximum absolute atomic E-state index is 11.7. The summed E-state index contributed by atoms with van der Waals surface area (Å²) in [5.74, 6) is 1.69. The average Bonchev–Trinajstić information content (AvgIpc) is 2.74. The molecule has 2 rings (SSSR count). The minimum absolute atomic E-state index is 0.0229. The van der Waals surface area contributed by atoms with E-state index in [9.17, 15) is 4.79 Å². The van der Waals surface area contributed by atoms with Crippen LogP contribution in [-0.4, -0.2) is 44.2 Å². The number of benzene rings is 1.